The van der Waals surface area contributed by atoms with Crippen molar-refractivity contribution in [1.82, 2.24) is 5.32 Å². The third kappa shape index (κ3) is 4.14. The average Bonchev–Trinajstić information content (AvgIpc) is 2.03. The molecule has 11 heavy (non-hydrogen) atoms. The highest BCUT2D eigenvalue weighted by Gasteiger charge is 1.93. The Kier molecular flexibility index (Phi) is 4.82. The van der Waals surface area contributed by atoms with Gasteiger partial charge < -0.3 is 5.32 Å². The number of nitrogens with one attached hydrogen (secondary N) is 1. The van der Waals surface area contributed by atoms with E-state index in [1.165, 1.54) is 6.08 Å². The fraction of sp³-hybridized carbons (Fsp3) is 0.222. The number of amides is 1. The summed E-state index contributed by atoms with van der Waals surface area (Å²) in [5.74, 6) is -0.184. The van der Waals surface area contributed by atoms with Crippen LogP contribution in [0, 0.1) is 0 Å². The molecule has 0 aliphatic heterocycles. The van der Waals surface area contributed by atoms with Crippen molar-refractivity contribution in [2.45, 2.75) is 13.8 Å². The van der Waals surface area contributed by atoms with E-state index in [4.69, 9.17) is 0 Å². The molecular weight excluding hydrogens is 138 g/mol. The van der Waals surface area contributed by atoms with Gasteiger partial charge in [-0.2, -0.15) is 0 Å². The molecule has 2 heteroatoms. The maximum Gasteiger partial charge on any atom is 0.247 e. The van der Waals surface area contributed by atoms with Crippen molar-refractivity contribution in [2.75, 3.05) is 0 Å². The maximum atomic E-state index is 10.8. The lowest BCUT2D eigenvalue weighted by molar-refractivity contribution is -0.115. The van der Waals surface area contributed by atoms with Crippen LogP contribution in [0.15, 0.2) is 36.6 Å². The summed E-state index contributed by atoms with van der Waals surface area (Å²) in [7, 11) is 0. The summed E-state index contributed by atoms with van der Waals surface area (Å²) in [4.78, 5) is 10.8. The molecule has 0 aromatic heterocycles. The van der Waals surface area contributed by atoms with E-state index in [1.54, 1.807) is 0 Å². The van der Waals surface area contributed by atoms with Gasteiger partial charge in [0.15, 0.2) is 0 Å². The third-order valence-corrected chi connectivity index (χ3v) is 1.11. The predicted octanol–water partition coefficient (Wildman–Crippen LogP) is 1.77. The minimum Gasteiger partial charge on any atom is -0.323 e. The van der Waals surface area contributed by atoms with Crippen molar-refractivity contribution in [1.29, 1.82) is 0 Å². The normalized spacial score (nSPS) is 11.6. The zero-order valence-corrected chi connectivity index (χ0v) is 6.92. The number of hydrogen-bond acceptors (Lipinski definition) is 1. The van der Waals surface area contributed by atoms with Gasteiger partial charge in [0.1, 0.15) is 0 Å². The van der Waals surface area contributed by atoms with Crippen molar-refractivity contribution in [3.05, 3.63) is 36.6 Å². The van der Waals surface area contributed by atoms with Gasteiger partial charge >= 0.3 is 0 Å². The SMILES string of the molecule is C=CC(=O)NC(=CC)/C=C\C. The monoisotopic (exact) mass is 151 g/mol. The Morgan fingerprint density at radius 1 is 1.45 bits per heavy atom. The van der Waals surface area contributed by atoms with Crippen LogP contribution in [0.5, 0.6) is 0 Å². The molecule has 0 aliphatic rings. The Balaban J connectivity index is 4.10. The fourth-order valence-electron chi connectivity index (χ4n) is 0.583. The molecule has 0 radical (unpaired) electrons. The van der Waals surface area contributed by atoms with Gasteiger partial charge in [-0.05, 0) is 26.0 Å². The second-order valence-electron chi connectivity index (χ2n) is 1.94. The van der Waals surface area contributed by atoms with Gasteiger partial charge in [-0.1, -0.05) is 18.7 Å². The Labute approximate surface area is 67.3 Å². The van der Waals surface area contributed by atoms with Crippen molar-refractivity contribution in [3.63, 3.8) is 0 Å². The van der Waals surface area contributed by atoms with Gasteiger partial charge in [0.05, 0.1) is 0 Å². The lowest BCUT2D eigenvalue weighted by Gasteiger charge is -2.00. The molecule has 0 aromatic carbocycles. The van der Waals surface area contributed by atoms with E-state index >= 15 is 0 Å². The summed E-state index contributed by atoms with van der Waals surface area (Å²) in [5.41, 5.74) is 0.789. The zero-order chi connectivity index (χ0) is 8.69. The number of carbonyl (C=O) groups excluding carboxylic acids is 1. The first kappa shape index (κ1) is 9.69. The van der Waals surface area contributed by atoms with Crippen LogP contribution in [0.3, 0.4) is 0 Å². The number of hydrogen-bond donors (Lipinski definition) is 1. The van der Waals surface area contributed by atoms with Crippen LogP contribution < -0.4 is 5.32 Å². The third-order valence-electron chi connectivity index (χ3n) is 1.11. The number of carbonyl (C=O) groups is 1. The van der Waals surface area contributed by atoms with Gasteiger partial charge in [-0.3, -0.25) is 4.79 Å². The molecule has 0 saturated heterocycles. The van der Waals surface area contributed by atoms with Crippen LogP contribution in [0.2, 0.25) is 0 Å². The largest absolute Gasteiger partial charge is 0.323 e. The average molecular weight is 151 g/mol. The molecule has 2 nitrogen and oxygen atoms in total. The first-order valence-electron chi connectivity index (χ1n) is 3.47. The molecule has 0 heterocycles. The fourth-order valence-corrected chi connectivity index (χ4v) is 0.583. The van der Waals surface area contributed by atoms with Crippen LogP contribution in [0.25, 0.3) is 0 Å². The predicted molar refractivity (Wildman–Crippen MR) is 46.9 cm³/mol. The van der Waals surface area contributed by atoms with Crippen LogP contribution in [0.1, 0.15) is 13.8 Å². The zero-order valence-electron chi connectivity index (χ0n) is 6.92. The van der Waals surface area contributed by atoms with Gasteiger partial charge in [0.2, 0.25) is 5.91 Å². The Morgan fingerprint density at radius 2 is 2.09 bits per heavy atom. The summed E-state index contributed by atoms with van der Waals surface area (Å²) in [6.07, 6.45) is 6.74. The van der Waals surface area contributed by atoms with E-state index in [9.17, 15) is 4.79 Å². The van der Waals surface area contributed by atoms with Crippen LogP contribution in [0.4, 0.5) is 0 Å². The maximum absolute atomic E-state index is 10.8. The molecule has 0 rings (SSSR count). The highest BCUT2D eigenvalue weighted by atomic mass is 16.1. The second kappa shape index (κ2) is 5.47. The first-order valence-corrected chi connectivity index (χ1v) is 3.47. The van der Waals surface area contributed by atoms with E-state index in [1.807, 2.05) is 32.1 Å². The first-order chi connectivity index (χ1) is 5.24. The molecule has 0 unspecified atom stereocenters. The molecule has 0 aliphatic carbocycles. The summed E-state index contributed by atoms with van der Waals surface area (Å²) in [6, 6.07) is 0. The minimum absolute atomic E-state index is 0.184. The molecule has 0 fully saturated rings. The topological polar surface area (TPSA) is 29.1 Å². The molecule has 0 bridgehead atoms. The molecule has 1 amide bonds. The van der Waals surface area contributed by atoms with Gasteiger partial charge in [-0.15, -0.1) is 0 Å². The Morgan fingerprint density at radius 3 is 2.45 bits per heavy atom. The van der Waals surface area contributed by atoms with E-state index in [0.29, 0.717) is 0 Å². The highest BCUT2D eigenvalue weighted by Crippen LogP contribution is 1.90. The highest BCUT2D eigenvalue weighted by molar-refractivity contribution is 5.88. The Hall–Kier alpha value is -1.31. The molecule has 0 spiro atoms. The van der Waals surface area contributed by atoms with Gasteiger partial charge in [0.25, 0.3) is 0 Å². The molecular formula is C9H13NO. The quantitative estimate of drug-likeness (QED) is 0.483. The van der Waals surface area contributed by atoms with E-state index in [2.05, 4.69) is 11.9 Å². The minimum atomic E-state index is -0.184. The van der Waals surface area contributed by atoms with E-state index in [-0.39, 0.29) is 5.91 Å². The number of rotatable bonds is 3. The van der Waals surface area contributed by atoms with Crippen LogP contribution in [-0.4, -0.2) is 5.91 Å². The second-order valence-corrected chi connectivity index (χ2v) is 1.94. The van der Waals surface area contributed by atoms with Gasteiger partial charge in [-0.25, -0.2) is 0 Å². The van der Waals surface area contributed by atoms with Crippen molar-refractivity contribution in [2.24, 2.45) is 0 Å². The lowest BCUT2D eigenvalue weighted by Crippen LogP contribution is -2.18. The number of allylic oxidation sites excluding steroid dienone is 3. The smallest absolute Gasteiger partial charge is 0.247 e. The van der Waals surface area contributed by atoms with E-state index < -0.39 is 0 Å². The van der Waals surface area contributed by atoms with Crippen molar-refractivity contribution >= 4 is 5.91 Å². The molecule has 60 valence electrons. The van der Waals surface area contributed by atoms with Crippen LogP contribution >= 0.6 is 0 Å². The van der Waals surface area contributed by atoms with Crippen LogP contribution in [-0.2, 0) is 4.79 Å². The lowest BCUT2D eigenvalue weighted by atomic mass is 10.3. The Bertz CT molecular complexity index is 202. The summed E-state index contributed by atoms with van der Waals surface area (Å²) >= 11 is 0. The molecule has 0 aromatic rings. The van der Waals surface area contributed by atoms with Crippen molar-refractivity contribution in [3.8, 4) is 0 Å². The van der Waals surface area contributed by atoms with Crippen molar-refractivity contribution < 1.29 is 4.79 Å². The molecule has 0 atom stereocenters. The summed E-state index contributed by atoms with van der Waals surface area (Å²) in [6.45, 7) is 7.10. The molecule has 1 N–H and O–H groups in total. The standard InChI is InChI=1S/C9H13NO/c1-4-7-8(5-2)10-9(11)6-3/h4-7H,3H2,1-2H3,(H,10,11)/b7-4-,8-5?. The van der Waals surface area contributed by atoms with E-state index in [0.717, 1.165) is 5.70 Å². The molecule has 0 saturated carbocycles. The van der Waals surface area contributed by atoms with Gasteiger partial charge in [0, 0.05) is 5.70 Å². The summed E-state index contributed by atoms with van der Waals surface area (Å²) < 4.78 is 0. The summed E-state index contributed by atoms with van der Waals surface area (Å²) in [5, 5.41) is 2.63.